The van der Waals surface area contributed by atoms with Gasteiger partial charge in [0.05, 0.1) is 14.2 Å². The Balaban J connectivity index is 2.23. The van der Waals surface area contributed by atoms with Crippen LogP contribution in [0.5, 0.6) is 6.01 Å². The van der Waals surface area contributed by atoms with E-state index in [2.05, 4.69) is 51.8 Å². The zero-order valence-electron chi connectivity index (χ0n) is 9.48. The molecule has 104 valence electrons. The van der Waals surface area contributed by atoms with Crippen molar-refractivity contribution in [3.63, 3.8) is 0 Å². The molecule has 0 spiro atoms. The second-order valence-corrected chi connectivity index (χ2v) is 8.59. The SMILES string of the molecule is CCOc1n[nH]c(NS(=O)(=O)c2cc(Br)sc2Br)n1. The number of aromatic nitrogens is 3. The second-order valence-electron chi connectivity index (χ2n) is 3.19. The fraction of sp³-hybridized carbons (Fsp3) is 0.250. The van der Waals surface area contributed by atoms with Gasteiger partial charge in [-0.3, -0.25) is 0 Å². The van der Waals surface area contributed by atoms with Crippen LogP contribution in [0.1, 0.15) is 6.92 Å². The predicted molar refractivity (Wildman–Crippen MR) is 78.1 cm³/mol. The Hall–Kier alpha value is -0.650. The van der Waals surface area contributed by atoms with Crippen LogP contribution in [0, 0.1) is 0 Å². The summed E-state index contributed by atoms with van der Waals surface area (Å²) < 4.78 is 32.8. The molecule has 0 amide bonds. The Morgan fingerprint density at radius 2 is 2.26 bits per heavy atom. The van der Waals surface area contributed by atoms with Crippen LogP contribution in [-0.2, 0) is 10.0 Å². The van der Waals surface area contributed by atoms with E-state index in [0.717, 1.165) is 0 Å². The topological polar surface area (TPSA) is 97.0 Å². The lowest BCUT2D eigenvalue weighted by atomic mass is 10.7. The first-order valence-corrected chi connectivity index (χ1v) is 8.84. The van der Waals surface area contributed by atoms with Crippen LogP contribution in [-0.4, -0.2) is 30.2 Å². The molecule has 11 heteroatoms. The van der Waals surface area contributed by atoms with Crippen molar-refractivity contribution in [2.75, 3.05) is 11.3 Å². The van der Waals surface area contributed by atoms with Crippen LogP contribution < -0.4 is 9.46 Å². The number of rotatable bonds is 5. The minimum Gasteiger partial charge on any atom is -0.463 e. The number of H-pyrrole nitrogens is 1. The van der Waals surface area contributed by atoms with E-state index < -0.39 is 10.0 Å². The van der Waals surface area contributed by atoms with Gasteiger partial charge in [-0.1, -0.05) is 0 Å². The lowest BCUT2D eigenvalue weighted by molar-refractivity contribution is 0.314. The molecule has 2 rings (SSSR count). The van der Waals surface area contributed by atoms with Crippen molar-refractivity contribution >= 4 is 59.2 Å². The first kappa shape index (κ1) is 14.8. The average Bonchev–Trinajstić information content (AvgIpc) is 2.86. The summed E-state index contributed by atoms with van der Waals surface area (Å²) in [7, 11) is -3.73. The van der Waals surface area contributed by atoms with E-state index >= 15 is 0 Å². The summed E-state index contributed by atoms with van der Waals surface area (Å²) in [5, 5.41) is 6.15. The molecule has 0 unspecified atom stereocenters. The molecule has 0 saturated carbocycles. The van der Waals surface area contributed by atoms with Crippen molar-refractivity contribution < 1.29 is 13.2 Å². The molecule has 0 aliphatic heterocycles. The van der Waals surface area contributed by atoms with Crippen molar-refractivity contribution in [2.24, 2.45) is 0 Å². The molecule has 0 aromatic carbocycles. The predicted octanol–water partition coefficient (Wildman–Crippen LogP) is 2.59. The highest BCUT2D eigenvalue weighted by Crippen LogP contribution is 2.35. The van der Waals surface area contributed by atoms with Crippen molar-refractivity contribution in [2.45, 2.75) is 11.8 Å². The summed E-state index contributed by atoms with van der Waals surface area (Å²) >= 11 is 7.68. The highest BCUT2D eigenvalue weighted by Gasteiger charge is 2.22. The van der Waals surface area contributed by atoms with Crippen LogP contribution >= 0.6 is 43.2 Å². The Morgan fingerprint density at radius 3 is 2.84 bits per heavy atom. The van der Waals surface area contributed by atoms with Gasteiger partial charge in [0.2, 0.25) is 5.95 Å². The first-order chi connectivity index (χ1) is 8.92. The molecule has 0 saturated heterocycles. The molecule has 2 heterocycles. The van der Waals surface area contributed by atoms with E-state index in [1.807, 2.05) is 0 Å². The molecule has 19 heavy (non-hydrogen) atoms. The molecular formula is C8H8Br2N4O3S2. The summed E-state index contributed by atoms with van der Waals surface area (Å²) in [5.74, 6) is -0.00216. The van der Waals surface area contributed by atoms with Crippen LogP contribution in [0.2, 0.25) is 0 Å². The highest BCUT2D eigenvalue weighted by molar-refractivity contribution is 9.12. The quantitative estimate of drug-likeness (QED) is 0.758. The van der Waals surface area contributed by atoms with Gasteiger partial charge in [-0.25, -0.2) is 18.2 Å². The van der Waals surface area contributed by atoms with E-state index in [1.54, 1.807) is 6.92 Å². The lowest BCUT2D eigenvalue weighted by Gasteiger charge is -2.02. The van der Waals surface area contributed by atoms with E-state index in [4.69, 9.17) is 4.74 Å². The number of sulfonamides is 1. The monoisotopic (exact) mass is 430 g/mol. The number of hydrogen-bond donors (Lipinski definition) is 2. The standard InChI is InChI=1S/C8H8Br2N4O3S2/c1-2-17-8-11-7(12-13-8)14-19(15,16)4-3-5(9)18-6(4)10/h3H,2H2,1H3,(H2,11,12,13,14). The Bertz CT molecular complexity index is 682. The van der Waals surface area contributed by atoms with Crippen molar-refractivity contribution in [3.8, 4) is 6.01 Å². The number of anilines is 1. The maximum absolute atomic E-state index is 12.1. The number of hydrogen-bond acceptors (Lipinski definition) is 6. The Labute approximate surface area is 130 Å². The zero-order chi connectivity index (χ0) is 14.0. The number of thiophene rings is 1. The molecule has 0 radical (unpaired) electrons. The Kier molecular flexibility index (Phi) is 4.48. The van der Waals surface area contributed by atoms with Gasteiger partial charge < -0.3 is 4.74 Å². The first-order valence-electron chi connectivity index (χ1n) is 4.95. The van der Waals surface area contributed by atoms with Crippen LogP contribution in [0.4, 0.5) is 5.95 Å². The smallest absolute Gasteiger partial charge is 0.337 e. The molecule has 2 N–H and O–H groups in total. The van der Waals surface area contributed by atoms with E-state index in [9.17, 15) is 8.42 Å². The number of nitrogens with one attached hydrogen (secondary N) is 2. The maximum Gasteiger partial charge on any atom is 0.337 e. The number of halogens is 2. The van der Waals surface area contributed by atoms with Gasteiger partial charge in [0.15, 0.2) is 0 Å². The summed E-state index contributed by atoms with van der Waals surface area (Å²) in [5.41, 5.74) is 0. The van der Waals surface area contributed by atoms with Gasteiger partial charge in [0.1, 0.15) is 4.90 Å². The molecule has 0 atom stereocenters. The van der Waals surface area contributed by atoms with E-state index in [-0.39, 0.29) is 16.9 Å². The summed E-state index contributed by atoms with van der Waals surface area (Å²) in [4.78, 5) is 3.97. The third-order valence-electron chi connectivity index (χ3n) is 1.88. The summed E-state index contributed by atoms with van der Waals surface area (Å²) in [6.07, 6.45) is 0. The molecule has 0 aliphatic rings. The minimum atomic E-state index is -3.73. The van der Waals surface area contributed by atoms with Gasteiger partial charge in [-0.05, 0) is 44.8 Å². The fourth-order valence-electron chi connectivity index (χ4n) is 1.18. The molecule has 2 aromatic rings. The fourth-order valence-corrected chi connectivity index (χ4v) is 5.95. The largest absolute Gasteiger partial charge is 0.463 e. The minimum absolute atomic E-state index is 0.00216. The highest BCUT2D eigenvalue weighted by atomic mass is 79.9. The summed E-state index contributed by atoms with van der Waals surface area (Å²) in [6, 6.07) is 1.59. The van der Waals surface area contributed by atoms with Crippen molar-refractivity contribution in [1.29, 1.82) is 0 Å². The van der Waals surface area contributed by atoms with Crippen molar-refractivity contribution in [1.82, 2.24) is 15.2 Å². The van der Waals surface area contributed by atoms with Gasteiger partial charge in [0.25, 0.3) is 10.0 Å². The molecule has 2 aromatic heterocycles. The number of nitrogens with zero attached hydrogens (tertiary/aromatic N) is 2. The third kappa shape index (κ3) is 3.46. The number of aromatic amines is 1. The molecular weight excluding hydrogens is 424 g/mol. The third-order valence-corrected chi connectivity index (χ3v) is 5.98. The Morgan fingerprint density at radius 1 is 1.53 bits per heavy atom. The van der Waals surface area contributed by atoms with E-state index in [1.165, 1.54) is 17.4 Å². The zero-order valence-corrected chi connectivity index (χ0v) is 14.3. The molecule has 7 nitrogen and oxygen atoms in total. The maximum atomic E-state index is 12.1. The van der Waals surface area contributed by atoms with Gasteiger partial charge in [0, 0.05) is 0 Å². The average molecular weight is 432 g/mol. The van der Waals surface area contributed by atoms with Gasteiger partial charge >= 0.3 is 6.01 Å². The normalized spacial score (nSPS) is 11.5. The lowest BCUT2D eigenvalue weighted by Crippen LogP contribution is -2.13. The molecule has 0 fully saturated rings. The number of ether oxygens (including phenoxy) is 1. The van der Waals surface area contributed by atoms with Crippen LogP contribution in [0.3, 0.4) is 0 Å². The summed E-state index contributed by atoms with van der Waals surface area (Å²) in [6.45, 7) is 2.17. The van der Waals surface area contributed by atoms with Crippen LogP contribution in [0.25, 0.3) is 0 Å². The van der Waals surface area contributed by atoms with Gasteiger partial charge in [-0.2, -0.15) is 4.98 Å². The molecule has 0 bridgehead atoms. The van der Waals surface area contributed by atoms with Crippen molar-refractivity contribution in [3.05, 3.63) is 13.6 Å². The van der Waals surface area contributed by atoms with E-state index in [0.29, 0.717) is 14.2 Å². The molecule has 0 aliphatic carbocycles. The second kappa shape index (κ2) is 5.77. The van der Waals surface area contributed by atoms with Crippen LogP contribution in [0.15, 0.2) is 18.5 Å². The van der Waals surface area contributed by atoms with Gasteiger partial charge in [-0.15, -0.1) is 16.4 Å².